The lowest BCUT2D eigenvalue weighted by atomic mass is 11.0. The minimum absolute atomic E-state index is 0.742. The normalized spacial score (nSPS) is 18.9. The third-order valence-corrected chi connectivity index (χ3v) is 0.613. The van der Waals surface area contributed by atoms with Gasteiger partial charge in [-0.2, -0.15) is 0 Å². The molecule has 0 bridgehead atoms. The predicted molar refractivity (Wildman–Crippen MR) is 20.7 cm³/mol. The summed E-state index contributed by atoms with van der Waals surface area (Å²) in [6, 6.07) is 0. The number of hydroxylamine groups is 2. The molecule has 0 atom stereocenters. The summed E-state index contributed by atoms with van der Waals surface area (Å²) in [5.74, 6) is 0. The highest BCUT2D eigenvalue weighted by molar-refractivity contribution is 5.56. The maximum atomic E-state index is 9.59. The zero-order valence-electron chi connectivity index (χ0n) is 3.63. The van der Waals surface area contributed by atoms with E-state index >= 15 is 0 Å². The average Bonchev–Trinajstić information content (AvgIpc) is 2.17. The van der Waals surface area contributed by atoms with Crippen LogP contribution in [0.3, 0.4) is 0 Å². The van der Waals surface area contributed by atoms with Crippen LogP contribution in [0.25, 0.3) is 0 Å². The standard InChI is InChI=1S/C3H5NO3/c5-3(6)7-4-1-2-4/h1-2H2,(H,5,6). The number of hydrogen-bond acceptors (Lipinski definition) is 3. The first-order chi connectivity index (χ1) is 3.29. The maximum Gasteiger partial charge on any atom is 0.525 e. The molecule has 0 aromatic rings. The lowest BCUT2D eigenvalue weighted by molar-refractivity contribution is -0.0310. The van der Waals surface area contributed by atoms with Gasteiger partial charge in [-0.1, -0.05) is 0 Å². The summed E-state index contributed by atoms with van der Waals surface area (Å²) >= 11 is 0. The molecule has 0 saturated carbocycles. The molecule has 1 aliphatic rings. The molecule has 1 rings (SSSR count). The number of carbonyl (C=O) groups is 1. The van der Waals surface area contributed by atoms with Gasteiger partial charge in [-0.15, -0.1) is 5.06 Å². The van der Waals surface area contributed by atoms with E-state index in [2.05, 4.69) is 4.84 Å². The minimum Gasteiger partial charge on any atom is -0.448 e. The summed E-state index contributed by atoms with van der Waals surface area (Å²) < 4.78 is 0. The van der Waals surface area contributed by atoms with Crippen molar-refractivity contribution in [3.05, 3.63) is 0 Å². The summed E-state index contributed by atoms with van der Waals surface area (Å²) in [7, 11) is 0. The molecule has 1 aliphatic heterocycles. The molecule has 0 aromatic carbocycles. The van der Waals surface area contributed by atoms with Crippen LogP contribution in [-0.2, 0) is 4.84 Å². The van der Waals surface area contributed by atoms with Crippen LogP contribution < -0.4 is 0 Å². The van der Waals surface area contributed by atoms with Gasteiger partial charge in [0.25, 0.3) is 0 Å². The Morgan fingerprint density at radius 2 is 2.29 bits per heavy atom. The molecule has 1 saturated heterocycles. The van der Waals surface area contributed by atoms with Crippen molar-refractivity contribution in [2.24, 2.45) is 0 Å². The Kier molecular flexibility index (Phi) is 0.867. The largest absolute Gasteiger partial charge is 0.525 e. The first kappa shape index (κ1) is 4.39. The van der Waals surface area contributed by atoms with E-state index in [4.69, 9.17) is 5.11 Å². The Morgan fingerprint density at radius 3 is 2.43 bits per heavy atom. The number of hydrogen-bond donors (Lipinski definition) is 1. The van der Waals surface area contributed by atoms with E-state index in [0.717, 1.165) is 13.1 Å². The van der Waals surface area contributed by atoms with Crippen molar-refractivity contribution in [2.75, 3.05) is 13.1 Å². The molecule has 4 nitrogen and oxygen atoms in total. The third-order valence-electron chi connectivity index (χ3n) is 0.613. The molecule has 0 unspecified atom stereocenters. The van der Waals surface area contributed by atoms with Crippen LogP contribution >= 0.6 is 0 Å². The topological polar surface area (TPSA) is 49.5 Å². The highest BCUT2D eigenvalue weighted by Gasteiger charge is 2.21. The Hall–Kier alpha value is -0.770. The zero-order chi connectivity index (χ0) is 5.28. The molecule has 4 heteroatoms. The van der Waals surface area contributed by atoms with E-state index in [-0.39, 0.29) is 0 Å². The van der Waals surface area contributed by atoms with Gasteiger partial charge in [-0.25, -0.2) is 4.79 Å². The van der Waals surface area contributed by atoms with Gasteiger partial charge >= 0.3 is 6.16 Å². The van der Waals surface area contributed by atoms with Crippen molar-refractivity contribution in [1.29, 1.82) is 0 Å². The van der Waals surface area contributed by atoms with Crippen LogP contribution in [0.5, 0.6) is 0 Å². The summed E-state index contributed by atoms with van der Waals surface area (Å²) in [6.07, 6.45) is -1.22. The van der Waals surface area contributed by atoms with Crippen LogP contribution in [0.1, 0.15) is 0 Å². The van der Waals surface area contributed by atoms with Crippen molar-refractivity contribution in [2.45, 2.75) is 0 Å². The van der Waals surface area contributed by atoms with Gasteiger partial charge in [0.2, 0.25) is 0 Å². The van der Waals surface area contributed by atoms with E-state index in [9.17, 15) is 4.79 Å². The highest BCUT2D eigenvalue weighted by atomic mass is 16.8. The second-order valence-corrected chi connectivity index (χ2v) is 1.29. The van der Waals surface area contributed by atoms with Gasteiger partial charge < -0.3 is 9.94 Å². The van der Waals surface area contributed by atoms with Crippen molar-refractivity contribution in [3.63, 3.8) is 0 Å². The van der Waals surface area contributed by atoms with Gasteiger partial charge in [-0.3, -0.25) is 0 Å². The fourth-order valence-corrected chi connectivity index (χ4v) is 0.243. The van der Waals surface area contributed by atoms with Gasteiger partial charge in [0.05, 0.1) is 13.1 Å². The first-order valence-corrected chi connectivity index (χ1v) is 1.95. The van der Waals surface area contributed by atoms with Gasteiger partial charge in [-0.05, 0) is 0 Å². The maximum absolute atomic E-state index is 9.59. The Morgan fingerprint density at radius 1 is 1.71 bits per heavy atom. The lowest BCUT2D eigenvalue weighted by Crippen LogP contribution is -2.04. The Bertz CT molecular complexity index is 88.2. The zero-order valence-corrected chi connectivity index (χ0v) is 3.63. The van der Waals surface area contributed by atoms with Crippen LogP contribution in [0, 0.1) is 0 Å². The predicted octanol–water partition coefficient (Wildman–Crippen LogP) is -0.0884. The SMILES string of the molecule is O=C(O)ON1CC1. The number of carboxylic acid groups (broad SMARTS) is 1. The van der Waals surface area contributed by atoms with E-state index in [1.54, 1.807) is 0 Å². The second-order valence-electron chi connectivity index (χ2n) is 1.29. The fraction of sp³-hybridized carbons (Fsp3) is 0.667. The summed E-state index contributed by atoms with van der Waals surface area (Å²) in [4.78, 5) is 13.7. The molecule has 40 valence electrons. The van der Waals surface area contributed by atoms with Gasteiger partial charge in [0, 0.05) is 0 Å². The monoisotopic (exact) mass is 103 g/mol. The molecular formula is C3H5NO3. The number of rotatable bonds is 1. The van der Waals surface area contributed by atoms with E-state index in [1.165, 1.54) is 5.06 Å². The molecule has 0 aliphatic carbocycles. The Balaban J connectivity index is 2.08. The molecule has 7 heavy (non-hydrogen) atoms. The van der Waals surface area contributed by atoms with Gasteiger partial charge in [0.1, 0.15) is 0 Å². The van der Waals surface area contributed by atoms with E-state index in [1.807, 2.05) is 0 Å². The quantitative estimate of drug-likeness (QED) is 0.471. The van der Waals surface area contributed by atoms with Crippen LogP contribution in [0.15, 0.2) is 0 Å². The third kappa shape index (κ3) is 1.41. The molecule has 0 spiro atoms. The Labute approximate surface area is 40.2 Å². The van der Waals surface area contributed by atoms with Gasteiger partial charge in [0.15, 0.2) is 0 Å². The van der Waals surface area contributed by atoms with Crippen molar-refractivity contribution < 1.29 is 14.7 Å². The van der Waals surface area contributed by atoms with Crippen LogP contribution in [0.2, 0.25) is 0 Å². The number of nitrogens with zero attached hydrogens (tertiary/aromatic N) is 1. The average molecular weight is 103 g/mol. The minimum atomic E-state index is -1.22. The molecule has 0 amide bonds. The van der Waals surface area contributed by atoms with Crippen molar-refractivity contribution >= 4 is 6.16 Å². The van der Waals surface area contributed by atoms with Crippen molar-refractivity contribution in [1.82, 2.24) is 5.06 Å². The molecule has 1 heterocycles. The lowest BCUT2D eigenvalue weighted by Gasteiger charge is -1.92. The molecule has 0 aromatic heterocycles. The highest BCUT2D eigenvalue weighted by Crippen LogP contribution is 2.02. The van der Waals surface area contributed by atoms with Crippen LogP contribution in [0.4, 0.5) is 4.79 Å². The van der Waals surface area contributed by atoms with E-state index < -0.39 is 6.16 Å². The first-order valence-electron chi connectivity index (χ1n) is 1.95. The molecule has 1 N–H and O–H groups in total. The summed E-state index contributed by atoms with van der Waals surface area (Å²) in [5.41, 5.74) is 0. The molecule has 0 radical (unpaired) electrons. The smallest absolute Gasteiger partial charge is 0.448 e. The summed E-state index contributed by atoms with van der Waals surface area (Å²) in [6.45, 7) is 1.48. The summed E-state index contributed by atoms with van der Waals surface area (Å²) in [5, 5.41) is 9.21. The van der Waals surface area contributed by atoms with Crippen LogP contribution in [-0.4, -0.2) is 29.4 Å². The molecular weight excluding hydrogens is 98.0 g/mol. The fourth-order valence-electron chi connectivity index (χ4n) is 0.243. The molecule has 1 fully saturated rings. The van der Waals surface area contributed by atoms with E-state index in [0.29, 0.717) is 0 Å². The van der Waals surface area contributed by atoms with Crippen molar-refractivity contribution in [3.8, 4) is 0 Å². The second kappa shape index (κ2) is 1.38.